The van der Waals surface area contributed by atoms with E-state index in [-0.39, 0.29) is 0 Å². The number of benzene rings is 1. The quantitative estimate of drug-likeness (QED) is 0.619. The Morgan fingerprint density at radius 2 is 2.08 bits per heavy atom. The summed E-state index contributed by atoms with van der Waals surface area (Å²) >= 11 is 0. The van der Waals surface area contributed by atoms with Crippen LogP contribution in [0.2, 0.25) is 0 Å². The fraction of sp³-hybridized carbons (Fsp3) is 0.100. The van der Waals surface area contributed by atoms with Gasteiger partial charge in [0, 0.05) is 11.9 Å². The number of hydrogen-bond acceptors (Lipinski definition) is 1. The van der Waals surface area contributed by atoms with E-state index in [0.717, 1.165) is 11.4 Å². The summed E-state index contributed by atoms with van der Waals surface area (Å²) in [5, 5.41) is 0. The van der Waals surface area contributed by atoms with Gasteiger partial charge in [0.2, 0.25) is 0 Å². The predicted octanol–water partition coefficient (Wildman–Crippen LogP) is 1.98. The molecule has 0 atom stereocenters. The van der Waals surface area contributed by atoms with E-state index in [1.54, 1.807) is 0 Å². The zero-order valence-corrected chi connectivity index (χ0v) is 6.86. The van der Waals surface area contributed by atoms with Gasteiger partial charge < -0.3 is 4.57 Å². The average Bonchev–Trinajstić information content (AvgIpc) is 2.54. The summed E-state index contributed by atoms with van der Waals surface area (Å²) in [6.45, 7) is 1.98. The first-order valence-electron chi connectivity index (χ1n) is 3.83. The van der Waals surface area contributed by atoms with Gasteiger partial charge in [-0.1, -0.05) is 12.1 Å². The summed E-state index contributed by atoms with van der Waals surface area (Å²) in [6.07, 6.45) is 3.81. The molecule has 0 fully saturated rings. The molecule has 59 valence electrons. The largest absolute Gasteiger partial charge is 0.306 e. The summed E-state index contributed by atoms with van der Waals surface area (Å²) in [6, 6.07) is 10.8. The minimum atomic E-state index is 1.03. The summed E-state index contributed by atoms with van der Waals surface area (Å²) in [5.74, 6) is 0. The molecule has 1 aromatic heterocycles. The zero-order chi connectivity index (χ0) is 8.39. The normalized spacial score (nSPS) is 10.1. The first kappa shape index (κ1) is 7.10. The smallest absolute Gasteiger partial charge is 0.0995 e. The van der Waals surface area contributed by atoms with Crippen molar-refractivity contribution >= 4 is 0 Å². The lowest BCUT2D eigenvalue weighted by atomic mass is 10.3. The van der Waals surface area contributed by atoms with Crippen molar-refractivity contribution in [3.8, 4) is 5.69 Å². The summed E-state index contributed by atoms with van der Waals surface area (Å²) in [4.78, 5) is 4.15. The van der Waals surface area contributed by atoms with Crippen molar-refractivity contribution in [1.29, 1.82) is 0 Å². The van der Waals surface area contributed by atoms with Crippen LogP contribution in [0.4, 0.5) is 0 Å². The van der Waals surface area contributed by atoms with Crippen LogP contribution >= 0.6 is 0 Å². The summed E-state index contributed by atoms with van der Waals surface area (Å²) in [5.41, 5.74) is 2.15. The van der Waals surface area contributed by atoms with Crippen molar-refractivity contribution in [3.05, 3.63) is 48.5 Å². The van der Waals surface area contributed by atoms with Crippen molar-refractivity contribution in [2.75, 3.05) is 0 Å². The molecule has 2 rings (SSSR count). The first-order valence-corrected chi connectivity index (χ1v) is 3.83. The number of aromatic nitrogens is 2. The molecule has 0 N–H and O–H groups in total. The number of imidazole rings is 1. The molecular formula is C10H9N2. The van der Waals surface area contributed by atoms with E-state index >= 15 is 0 Å². The van der Waals surface area contributed by atoms with Crippen LogP contribution in [0.5, 0.6) is 0 Å². The van der Waals surface area contributed by atoms with Crippen LogP contribution in [0.3, 0.4) is 0 Å². The molecule has 0 aliphatic heterocycles. The summed E-state index contributed by atoms with van der Waals surface area (Å²) in [7, 11) is 0. The first-order chi connectivity index (χ1) is 5.86. The highest BCUT2D eigenvalue weighted by molar-refractivity contribution is 5.30. The topological polar surface area (TPSA) is 17.8 Å². The third kappa shape index (κ3) is 1.23. The van der Waals surface area contributed by atoms with Crippen LogP contribution in [0.15, 0.2) is 36.8 Å². The highest BCUT2D eigenvalue weighted by Gasteiger charge is 1.94. The second kappa shape index (κ2) is 2.81. The van der Waals surface area contributed by atoms with Crippen LogP contribution in [-0.4, -0.2) is 9.55 Å². The lowest BCUT2D eigenvalue weighted by molar-refractivity contribution is 1.06. The van der Waals surface area contributed by atoms with E-state index < -0.39 is 0 Å². The molecule has 0 aliphatic rings. The van der Waals surface area contributed by atoms with Crippen molar-refractivity contribution in [1.82, 2.24) is 9.55 Å². The Morgan fingerprint density at radius 3 is 2.67 bits per heavy atom. The number of nitrogens with zero attached hydrogens (tertiary/aromatic N) is 2. The van der Waals surface area contributed by atoms with E-state index in [2.05, 4.69) is 11.1 Å². The Hall–Kier alpha value is -1.57. The molecule has 2 heteroatoms. The second-order valence-electron chi connectivity index (χ2n) is 2.68. The minimum absolute atomic E-state index is 1.03. The third-order valence-corrected chi connectivity index (χ3v) is 1.71. The lowest BCUT2D eigenvalue weighted by Crippen LogP contribution is -1.87. The SMILES string of the molecule is Cc1cn(-c2cc[c]cc2)cn1. The molecule has 1 aromatic carbocycles. The van der Waals surface area contributed by atoms with Crippen molar-refractivity contribution in [2.24, 2.45) is 0 Å². The second-order valence-corrected chi connectivity index (χ2v) is 2.68. The monoisotopic (exact) mass is 157 g/mol. The maximum atomic E-state index is 4.15. The summed E-state index contributed by atoms with van der Waals surface area (Å²) < 4.78 is 1.99. The molecule has 2 aromatic rings. The van der Waals surface area contributed by atoms with Gasteiger partial charge in [0.15, 0.2) is 0 Å². The molecule has 0 aliphatic carbocycles. The number of rotatable bonds is 1. The third-order valence-electron chi connectivity index (χ3n) is 1.71. The molecule has 2 nitrogen and oxygen atoms in total. The van der Waals surface area contributed by atoms with Gasteiger partial charge in [-0.2, -0.15) is 0 Å². The molecule has 0 bridgehead atoms. The van der Waals surface area contributed by atoms with Crippen molar-refractivity contribution in [2.45, 2.75) is 6.92 Å². The molecule has 0 unspecified atom stereocenters. The van der Waals surface area contributed by atoms with Crippen LogP contribution in [-0.2, 0) is 0 Å². The van der Waals surface area contributed by atoms with Gasteiger partial charge in [0.1, 0.15) is 0 Å². The highest BCUT2D eigenvalue weighted by Crippen LogP contribution is 2.06. The van der Waals surface area contributed by atoms with Crippen molar-refractivity contribution < 1.29 is 0 Å². The van der Waals surface area contributed by atoms with E-state index in [9.17, 15) is 0 Å². The molecule has 0 saturated heterocycles. The Labute approximate surface area is 71.5 Å². The Kier molecular flexibility index (Phi) is 1.67. The van der Waals surface area contributed by atoms with Crippen molar-refractivity contribution in [3.63, 3.8) is 0 Å². The van der Waals surface area contributed by atoms with Crippen LogP contribution in [0.1, 0.15) is 5.69 Å². The Morgan fingerprint density at radius 1 is 1.33 bits per heavy atom. The number of hydrogen-bond donors (Lipinski definition) is 0. The average molecular weight is 157 g/mol. The maximum Gasteiger partial charge on any atom is 0.0995 e. The molecule has 12 heavy (non-hydrogen) atoms. The number of aryl methyl sites for hydroxylation is 1. The van der Waals surface area contributed by atoms with Crippen LogP contribution < -0.4 is 0 Å². The molecule has 0 saturated carbocycles. The van der Waals surface area contributed by atoms with Crippen LogP contribution in [0, 0.1) is 13.0 Å². The van der Waals surface area contributed by atoms with Gasteiger partial charge in [-0.3, -0.25) is 0 Å². The highest BCUT2D eigenvalue weighted by atomic mass is 15.0. The van der Waals surface area contributed by atoms with Gasteiger partial charge in [0.25, 0.3) is 0 Å². The Balaban J connectivity index is 2.45. The van der Waals surface area contributed by atoms with Gasteiger partial charge >= 0.3 is 0 Å². The minimum Gasteiger partial charge on any atom is -0.306 e. The fourth-order valence-corrected chi connectivity index (χ4v) is 1.11. The van der Waals surface area contributed by atoms with Gasteiger partial charge in [-0.25, -0.2) is 4.98 Å². The lowest BCUT2D eigenvalue weighted by Gasteiger charge is -1.98. The standard InChI is InChI=1S/C10H9N2/c1-9-7-12(8-11-9)10-5-3-2-4-6-10/h3-8H,1H3. The van der Waals surface area contributed by atoms with Crippen LogP contribution in [0.25, 0.3) is 5.69 Å². The molecule has 0 amide bonds. The van der Waals surface area contributed by atoms with E-state index in [1.807, 2.05) is 48.3 Å². The van der Waals surface area contributed by atoms with E-state index in [4.69, 9.17) is 0 Å². The molecule has 1 radical (unpaired) electrons. The molecule has 1 heterocycles. The fourth-order valence-electron chi connectivity index (χ4n) is 1.11. The zero-order valence-electron chi connectivity index (χ0n) is 6.86. The predicted molar refractivity (Wildman–Crippen MR) is 47.1 cm³/mol. The van der Waals surface area contributed by atoms with Gasteiger partial charge in [-0.05, 0) is 25.1 Å². The maximum absolute atomic E-state index is 4.15. The van der Waals surface area contributed by atoms with Gasteiger partial charge in [-0.15, -0.1) is 0 Å². The van der Waals surface area contributed by atoms with E-state index in [1.165, 1.54) is 0 Å². The van der Waals surface area contributed by atoms with E-state index in [0.29, 0.717) is 0 Å². The van der Waals surface area contributed by atoms with Gasteiger partial charge in [0.05, 0.1) is 12.0 Å². The molecule has 0 spiro atoms. The molecular weight excluding hydrogens is 148 g/mol. The Bertz CT molecular complexity index is 362.